The summed E-state index contributed by atoms with van der Waals surface area (Å²) >= 11 is 1.15. The van der Waals surface area contributed by atoms with Gasteiger partial charge in [0.1, 0.15) is 4.21 Å². The van der Waals surface area contributed by atoms with Crippen LogP contribution in [-0.4, -0.2) is 27.5 Å². The van der Waals surface area contributed by atoms with Crippen LogP contribution >= 0.6 is 35.3 Å². The summed E-state index contributed by atoms with van der Waals surface area (Å²) in [5.41, 5.74) is 1.35. The lowest BCUT2D eigenvalue weighted by atomic mass is 9.76. The molecule has 4 N–H and O–H groups in total. The van der Waals surface area contributed by atoms with Crippen molar-refractivity contribution in [2.45, 2.75) is 49.8 Å². The van der Waals surface area contributed by atoms with Crippen molar-refractivity contribution < 1.29 is 8.42 Å². The van der Waals surface area contributed by atoms with Gasteiger partial charge in [0.15, 0.2) is 5.96 Å². The summed E-state index contributed by atoms with van der Waals surface area (Å²) < 4.78 is 23.0. The Morgan fingerprint density at radius 3 is 2.24 bits per heavy atom. The molecule has 162 valence electrons. The molecule has 29 heavy (non-hydrogen) atoms. The highest BCUT2D eigenvalue weighted by molar-refractivity contribution is 14.0. The summed E-state index contributed by atoms with van der Waals surface area (Å²) in [6.45, 7) is 8.35. The highest BCUT2D eigenvalue weighted by atomic mass is 127. The van der Waals surface area contributed by atoms with Crippen molar-refractivity contribution in [1.82, 2.24) is 10.6 Å². The summed E-state index contributed by atoms with van der Waals surface area (Å²) in [7, 11) is -3.66. The van der Waals surface area contributed by atoms with Crippen LogP contribution in [0.5, 0.6) is 0 Å². The van der Waals surface area contributed by atoms with Gasteiger partial charge in [-0.05, 0) is 37.5 Å². The number of hydrogen-bond acceptors (Lipinski definition) is 4. The van der Waals surface area contributed by atoms with Crippen LogP contribution in [-0.2, 0) is 22.0 Å². The molecule has 0 spiro atoms. The third-order valence-corrected chi connectivity index (χ3v) is 7.50. The first kappa shape index (κ1) is 25.9. The van der Waals surface area contributed by atoms with E-state index in [9.17, 15) is 8.42 Å². The molecule has 1 aromatic carbocycles. The van der Waals surface area contributed by atoms with Crippen LogP contribution in [0.3, 0.4) is 0 Å². The number of halogens is 1. The van der Waals surface area contributed by atoms with Crippen LogP contribution in [0.1, 0.15) is 44.1 Å². The van der Waals surface area contributed by atoms with Gasteiger partial charge in [-0.1, -0.05) is 44.2 Å². The predicted octanol–water partition coefficient (Wildman–Crippen LogP) is 3.83. The number of hydrogen-bond donors (Lipinski definition) is 3. The normalized spacial score (nSPS) is 12.3. The van der Waals surface area contributed by atoms with Crippen LogP contribution in [0.2, 0.25) is 0 Å². The van der Waals surface area contributed by atoms with Gasteiger partial charge in [0.2, 0.25) is 10.0 Å². The van der Waals surface area contributed by atoms with Crippen molar-refractivity contribution in [2.75, 3.05) is 13.1 Å². The molecule has 0 atom stereocenters. The zero-order valence-corrected chi connectivity index (χ0v) is 21.1. The molecule has 0 aliphatic rings. The SMILES string of the molecule is CCNC(=NCc1ccc(S(N)(=O)=O)s1)NCC(CC)(CC)c1ccccc1.I. The van der Waals surface area contributed by atoms with Gasteiger partial charge in [-0.3, -0.25) is 0 Å². The van der Waals surface area contributed by atoms with Crippen molar-refractivity contribution in [1.29, 1.82) is 0 Å². The van der Waals surface area contributed by atoms with Gasteiger partial charge in [0.05, 0.1) is 6.54 Å². The number of aliphatic imine (C=N–C) groups is 1. The fourth-order valence-corrected chi connectivity index (χ4v) is 4.85. The van der Waals surface area contributed by atoms with E-state index in [1.54, 1.807) is 6.07 Å². The molecule has 0 saturated carbocycles. The fraction of sp³-hybridized carbons (Fsp3) is 0.450. The number of nitrogens with zero attached hydrogens (tertiary/aromatic N) is 1. The number of rotatable bonds is 9. The standard InChI is InChI=1S/C20H30N4O2S2.HI/c1-4-20(5-2,16-10-8-7-9-11-16)15-24-19(22-6-3)23-14-17-12-13-18(27-17)28(21,25)26;/h7-13H,4-6,14-15H2,1-3H3,(H2,21,25,26)(H2,22,23,24);1H. The molecule has 0 saturated heterocycles. The van der Waals surface area contributed by atoms with E-state index in [2.05, 4.69) is 53.7 Å². The third-order valence-electron chi connectivity index (χ3n) is 4.99. The van der Waals surface area contributed by atoms with Gasteiger partial charge < -0.3 is 10.6 Å². The van der Waals surface area contributed by atoms with Gasteiger partial charge in [-0.15, -0.1) is 35.3 Å². The summed E-state index contributed by atoms with van der Waals surface area (Å²) in [6, 6.07) is 13.8. The largest absolute Gasteiger partial charge is 0.357 e. The Hall–Kier alpha value is -1.17. The predicted molar refractivity (Wildman–Crippen MR) is 133 cm³/mol. The monoisotopic (exact) mass is 550 g/mol. The number of nitrogens with two attached hydrogens (primary N) is 1. The second-order valence-corrected chi connectivity index (χ2v) is 9.62. The first-order valence-electron chi connectivity index (χ1n) is 9.54. The lowest BCUT2D eigenvalue weighted by Crippen LogP contribution is -2.45. The molecular weight excluding hydrogens is 519 g/mol. The molecule has 2 rings (SSSR count). The van der Waals surface area contributed by atoms with E-state index < -0.39 is 10.0 Å². The molecule has 1 aromatic heterocycles. The maximum absolute atomic E-state index is 11.4. The second kappa shape index (κ2) is 11.9. The second-order valence-electron chi connectivity index (χ2n) is 6.67. The van der Waals surface area contributed by atoms with Crippen LogP contribution in [0.4, 0.5) is 0 Å². The number of guanidine groups is 1. The van der Waals surface area contributed by atoms with Gasteiger partial charge >= 0.3 is 0 Å². The molecule has 2 aromatic rings. The molecule has 0 fully saturated rings. The molecule has 9 heteroatoms. The van der Waals surface area contributed by atoms with Crippen LogP contribution in [0.15, 0.2) is 51.7 Å². The van der Waals surface area contributed by atoms with E-state index in [0.29, 0.717) is 6.54 Å². The van der Waals surface area contributed by atoms with Crippen LogP contribution in [0.25, 0.3) is 0 Å². The number of benzene rings is 1. The zero-order chi connectivity index (χ0) is 20.6. The van der Waals surface area contributed by atoms with Crippen LogP contribution < -0.4 is 15.8 Å². The molecule has 0 amide bonds. The molecule has 0 radical (unpaired) electrons. The van der Waals surface area contributed by atoms with Gasteiger partial charge in [0, 0.05) is 23.4 Å². The number of thiophene rings is 1. The lowest BCUT2D eigenvalue weighted by molar-refractivity contribution is 0.389. The van der Waals surface area contributed by atoms with E-state index in [4.69, 9.17) is 5.14 Å². The first-order chi connectivity index (χ1) is 13.3. The van der Waals surface area contributed by atoms with Gasteiger partial charge in [-0.25, -0.2) is 18.5 Å². The van der Waals surface area contributed by atoms with Crippen molar-refractivity contribution in [3.63, 3.8) is 0 Å². The van der Waals surface area contributed by atoms with E-state index in [0.717, 1.165) is 48.1 Å². The minimum absolute atomic E-state index is 0. The molecular formula is C20H31IN4O2S2. The Balaban J connectivity index is 0.00000420. The van der Waals surface area contributed by atoms with Crippen molar-refractivity contribution in [3.05, 3.63) is 52.9 Å². The van der Waals surface area contributed by atoms with Crippen molar-refractivity contribution in [3.8, 4) is 0 Å². The Bertz CT molecular complexity index is 879. The van der Waals surface area contributed by atoms with Crippen LogP contribution in [0, 0.1) is 0 Å². The Kier molecular flexibility index (Phi) is 10.6. The lowest BCUT2D eigenvalue weighted by Gasteiger charge is -2.33. The maximum atomic E-state index is 11.4. The Morgan fingerprint density at radius 2 is 1.72 bits per heavy atom. The minimum atomic E-state index is -3.66. The van der Waals surface area contributed by atoms with Gasteiger partial charge in [0.25, 0.3) is 0 Å². The molecule has 0 unspecified atom stereocenters. The molecule has 0 aliphatic carbocycles. The number of sulfonamides is 1. The van der Waals surface area contributed by atoms with E-state index in [-0.39, 0.29) is 33.6 Å². The van der Waals surface area contributed by atoms with Crippen molar-refractivity contribution in [2.24, 2.45) is 10.1 Å². The summed E-state index contributed by atoms with van der Waals surface area (Å²) in [5.74, 6) is 0.718. The maximum Gasteiger partial charge on any atom is 0.247 e. The summed E-state index contributed by atoms with van der Waals surface area (Å²) in [5, 5.41) is 11.9. The van der Waals surface area contributed by atoms with E-state index >= 15 is 0 Å². The fourth-order valence-electron chi connectivity index (χ4n) is 3.15. The molecule has 6 nitrogen and oxygen atoms in total. The molecule has 0 aliphatic heterocycles. The van der Waals surface area contributed by atoms with E-state index in [1.807, 2.05) is 13.0 Å². The summed E-state index contributed by atoms with van der Waals surface area (Å²) in [6.07, 6.45) is 2.03. The number of nitrogens with one attached hydrogen (secondary N) is 2. The first-order valence-corrected chi connectivity index (χ1v) is 11.9. The van der Waals surface area contributed by atoms with Crippen molar-refractivity contribution >= 4 is 51.3 Å². The van der Waals surface area contributed by atoms with Gasteiger partial charge in [-0.2, -0.15) is 0 Å². The quantitative estimate of drug-likeness (QED) is 0.251. The third kappa shape index (κ3) is 7.23. The highest BCUT2D eigenvalue weighted by Crippen LogP contribution is 2.30. The molecule has 0 bridgehead atoms. The Morgan fingerprint density at radius 1 is 1.07 bits per heavy atom. The smallest absolute Gasteiger partial charge is 0.247 e. The Labute approximate surface area is 195 Å². The molecule has 1 heterocycles. The number of primary sulfonamides is 1. The van der Waals surface area contributed by atoms with E-state index in [1.165, 1.54) is 11.6 Å². The topological polar surface area (TPSA) is 96.6 Å². The average Bonchev–Trinajstić information content (AvgIpc) is 3.17. The zero-order valence-electron chi connectivity index (χ0n) is 17.1. The minimum Gasteiger partial charge on any atom is -0.357 e. The summed E-state index contributed by atoms with van der Waals surface area (Å²) in [4.78, 5) is 5.46. The average molecular weight is 551 g/mol. The highest BCUT2D eigenvalue weighted by Gasteiger charge is 2.28.